The summed E-state index contributed by atoms with van der Waals surface area (Å²) in [5, 5.41) is 0. The number of rotatable bonds is 8. The molecule has 0 heterocycles. The SMILES string of the molecule is CCOC(=O)C(=O)OC(CC)CCC(CC)CC. The van der Waals surface area contributed by atoms with Gasteiger partial charge >= 0.3 is 11.9 Å². The third kappa shape index (κ3) is 6.62. The zero-order valence-electron chi connectivity index (χ0n) is 12.0. The standard InChI is InChI=1S/C14H26O4/c1-5-11(6-2)9-10-12(7-3)18-14(16)13(15)17-8-4/h11-12H,5-10H2,1-4H3. The normalized spacial score (nSPS) is 12.3. The summed E-state index contributed by atoms with van der Waals surface area (Å²) in [6.45, 7) is 8.14. The average Bonchev–Trinajstić information content (AvgIpc) is 2.38. The van der Waals surface area contributed by atoms with E-state index in [9.17, 15) is 9.59 Å². The molecule has 0 aromatic rings. The molecule has 18 heavy (non-hydrogen) atoms. The molecule has 0 spiro atoms. The minimum Gasteiger partial charge on any atom is -0.458 e. The summed E-state index contributed by atoms with van der Waals surface area (Å²) in [5.74, 6) is -1.09. The molecule has 0 bridgehead atoms. The highest BCUT2D eigenvalue weighted by molar-refractivity contribution is 6.29. The smallest absolute Gasteiger partial charge is 0.417 e. The topological polar surface area (TPSA) is 52.6 Å². The maximum absolute atomic E-state index is 11.4. The Bertz CT molecular complexity index is 246. The second-order valence-electron chi connectivity index (χ2n) is 4.42. The van der Waals surface area contributed by atoms with Gasteiger partial charge in [-0.3, -0.25) is 0 Å². The zero-order valence-corrected chi connectivity index (χ0v) is 12.0. The summed E-state index contributed by atoms with van der Waals surface area (Å²) in [7, 11) is 0. The van der Waals surface area contributed by atoms with E-state index in [4.69, 9.17) is 4.74 Å². The number of carbonyl (C=O) groups is 2. The third-order valence-electron chi connectivity index (χ3n) is 3.22. The minimum absolute atomic E-state index is 0.178. The van der Waals surface area contributed by atoms with E-state index in [0.29, 0.717) is 5.92 Å². The van der Waals surface area contributed by atoms with Crippen LogP contribution in [-0.2, 0) is 19.1 Å². The molecule has 4 nitrogen and oxygen atoms in total. The molecule has 0 amide bonds. The van der Waals surface area contributed by atoms with Crippen molar-refractivity contribution in [1.82, 2.24) is 0 Å². The molecular formula is C14H26O4. The quantitative estimate of drug-likeness (QED) is 0.496. The van der Waals surface area contributed by atoms with Crippen molar-refractivity contribution in [3.05, 3.63) is 0 Å². The summed E-state index contributed by atoms with van der Waals surface area (Å²) in [5.41, 5.74) is 0. The second kappa shape index (κ2) is 9.92. The van der Waals surface area contributed by atoms with Crippen molar-refractivity contribution in [3.8, 4) is 0 Å². The van der Waals surface area contributed by atoms with Crippen LogP contribution in [0.2, 0.25) is 0 Å². The van der Waals surface area contributed by atoms with Gasteiger partial charge in [0.1, 0.15) is 6.10 Å². The van der Waals surface area contributed by atoms with Crippen LogP contribution in [0.1, 0.15) is 59.8 Å². The Balaban J connectivity index is 4.10. The van der Waals surface area contributed by atoms with Gasteiger partial charge in [0.05, 0.1) is 6.61 Å². The molecule has 0 aromatic heterocycles. The Kier molecular flexibility index (Phi) is 9.33. The van der Waals surface area contributed by atoms with Crippen molar-refractivity contribution in [2.75, 3.05) is 6.61 Å². The lowest BCUT2D eigenvalue weighted by molar-refractivity contribution is -0.171. The molecular weight excluding hydrogens is 232 g/mol. The summed E-state index contributed by atoms with van der Waals surface area (Å²) in [6.07, 6.45) is 4.67. The molecule has 4 heteroatoms. The third-order valence-corrected chi connectivity index (χ3v) is 3.22. The predicted molar refractivity (Wildman–Crippen MR) is 70.1 cm³/mol. The molecule has 0 N–H and O–H groups in total. The van der Waals surface area contributed by atoms with E-state index in [-0.39, 0.29) is 12.7 Å². The summed E-state index contributed by atoms with van der Waals surface area (Å²) < 4.78 is 9.74. The first-order valence-corrected chi connectivity index (χ1v) is 6.96. The molecule has 1 atom stereocenters. The molecule has 0 aliphatic rings. The molecule has 0 rings (SSSR count). The van der Waals surface area contributed by atoms with Crippen molar-refractivity contribution in [2.45, 2.75) is 65.9 Å². The fraction of sp³-hybridized carbons (Fsp3) is 0.857. The van der Waals surface area contributed by atoms with E-state index in [1.807, 2.05) is 6.92 Å². The Morgan fingerprint density at radius 2 is 1.50 bits per heavy atom. The first-order valence-electron chi connectivity index (χ1n) is 6.96. The number of esters is 2. The number of carbonyl (C=O) groups excluding carboxylic acids is 2. The van der Waals surface area contributed by atoms with Gasteiger partial charge in [-0.15, -0.1) is 0 Å². The molecule has 106 valence electrons. The van der Waals surface area contributed by atoms with Gasteiger partial charge in [-0.2, -0.15) is 0 Å². The Morgan fingerprint density at radius 1 is 0.889 bits per heavy atom. The van der Waals surface area contributed by atoms with Crippen LogP contribution in [0.3, 0.4) is 0 Å². The summed E-state index contributed by atoms with van der Waals surface area (Å²) in [4.78, 5) is 22.5. The van der Waals surface area contributed by atoms with E-state index < -0.39 is 11.9 Å². The van der Waals surface area contributed by atoms with Crippen LogP contribution < -0.4 is 0 Å². The van der Waals surface area contributed by atoms with Crippen LogP contribution >= 0.6 is 0 Å². The largest absolute Gasteiger partial charge is 0.458 e. The lowest BCUT2D eigenvalue weighted by Gasteiger charge is -2.18. The van der Waals surface area contributed by atoms with Crippen LogP contribution in [0.25, 0.3) is 0 Å². The highest BCUT2D eigenvalue weighted by Crippen LogP contribution is 2.18. The Morgan fingerprint density at radius 3 is 1.94 bits per heavy atom. The van der Waals surface area contributed by atoms with E-state index >= 15 is 0 Å². The van der Waals surface area contributed by atoms with Crippen LogP contribution in [0, 0.1) is 5.92 Å². The monoisotopic (exact) mass is 258 g/mol. The highest BCUT2D eigenvalue weighted by atomic mass is 16.6. The zero-order chi connectivity index (χ0) is 14.0. The van der Waals surface area contributed by atoms with E-state index in [1.165, 1.54) is 0 Å². The van der Waals surface area contributed by atoms with Gasteiger partial charge in [0, 0.05) is 0 Å². The van der Waals surface area contributed by atoms with Crippen molar-refractivity contribution in [1.29, 1.82) is 0 Å². The first kappa shape index (κ1) is 16.9. The molecule has 0 aliphatic heterocycles. The van der Waals surface area contributed by atoms with Gasteiger partial charge in [0.25, 0.3) is 0 Å². The number of hydrogen-bond acceptors (Lipinski definition) is 4. The number of ether oxygens (including phenoxy) is 2. The van der Waals surface area contributed by atoms with Crippen LogP contribution in [0.4, 0.5) is 0 Å². The summed E-state index contributed by atoms with van der Waals surface area (Å²) in [6, 6.07) is 0. The van der Waals surface area contributed by atoms with Gasteiger partial charge in [-0.25, -0.2) is 9.59 Å². The molecule has 0 saturated carbocycles. The lowest BCUT2D eigenvalue weighted by atomic mass is 9.95. The molecule has 1 unspecified atom stereocenters. The van der Waals surface area contributed by atoms with E-state index in [1.54, 1.807) is 6.92 Å². The van der Waals surface area contributed by atoms with Crippen LogP contribution in [0.15, 0.2) is 0 Å². The second-order valence-corrected chi connectivity index (χ2v) is 4.42. The molecule has 0 radical (unpaired) electrons. The number of hydrogen-bond donors (Lipinski definition) is 0. The fourth-order valence-electron chi connectivity index (χ4n) is 1.85. The van der Waals surface area contributed by atoms with Crippen molar-refractivity contribution in [2.24, 2.45) is 5.92 Å². The maximum Gasteiger partial charge on any atom is 0.417 e. The maximum atomic E-state index is 11.4. The first-order chi connectivity index (χ1) is 8.58. The lowest BCUT2D eigenvalue weighted by Crippen LogP contribution is -2.26. The van der Waals surface area contributed by atoms with Crippen LogP contribution in [0.5, 0.6) is 0 Å². The Hall–Kier alpha value is -1.06. The molecule has 0 aliphatic carbocycles. The van der Waals surface area contributed by atoms with Crippen molar-refractivity contribution in [3.63, 3.8) is 0 Å². The van der Waals surface area contributed by atoms with Crippen LogP contribution in [-0.4, -0.2) is 24.6 Å². The summed E-state index contributed by atoms with van der Waals surface area (Å²) >= 11 is 0. The average molecular weight is 258 g/mol. The van der Waals surface area contributed by atoms with Gasteiger partial charge in [0.2, 0.25) is 0 Å². The van der Waals surface area contributed by atoms with Crippen molar-refractivity contribution >= 4 is 11.9 Å². The highest BCUT2D eigenvalue weighted by Gasteiger charge is 2.21. The Labute approximate surface area is 110 Å². The molecule has 0 aromatic carbocycles. The molecule has 0 saturated heterocycles. The van der Waals surface area contributed by atoms with Gasteiger partial charge in [-0.1, -0.05) is 33.6 Å². The predicted octanol–water partition coefficient (Wildman–Crippen LogP) is 3.09. The van der Waals surface area contributed by atoms with E-state index in [0.717, 1.165) is 32.1 Å². The minimum atomic E-state index is -0.890. The molecule has 0 fully saturated rings. The van der Waals surface area contributed by atoms with Gasteiger partial charge < -0.3 is 9.47 Å². The van der Waals surface area contributed by atoms with Gasteiger partial charge in [0.15, 0.2) is 0 Å². The van der Waals surface area contributed by atoms with E-state index in [2.05, 4.69) is 18.6 Å². The fourth-order valence-corrected chi connectivity index (χ4v) is 1.85. The van der Waals surface area contributed by atoms with Gasteiger partial charge in [-0.05, 0) is 32.1 Å². The van der Waals surface area contributed by atoms with Crippen molar-refractivity contribution < 1.29 is 19.1 Å².